The number of carbonyl (C=O) groups excluding carboxylic acids is 4. The second kappa shape index (κ2) is 11.3. The molecule has 0 saturated carbocycles. The van der Waals surface area contributed by atoms with Crippen LogP contribution in [0.25, 0.3) is 0 Å². The molecule has 1 aliphatic rings. The van der Waals surface area contributed by atoms with E-state index in [-0.39, 0.29) is 34.8 Å². The van der Waals surface area contributed by atoms with Gasteiger partial charge in [0.1, 0.15) is 5.78 Å². The Balaban J connectivity index is 2.55. The van der Waals surface area contributed by atoms with E-state index in [1.807, 2.05) is 18.7 Å². The van der Waals surface area contributed by atoms with Crippen LogP contribution in [0.3, 0.4) is 0 Å². The zero-order valence-electron chi connectivity index (χ0n) is 18.2. The molecule has 1 saturated heterocycles. The predicted octanol–water partition coefficient (Wildman–Crippen LogP) is -1.25. The van der Waals surface area contributed by atoms with E-state index < -0.39 is 0 Å². The monoisotopic (exact) mass is 389 g/mol. The summed E-state index contributed by atoms with van der Waals surface area (Å²) in [7, 11) is 5.05. The predicted molar refractivity (Wildman–Crippen MR) is 116 cm³/mol. The van der Waals surface area contributed by atoms with E-state index in [4.69, 9.17) is 0 Å². The Morgan fingerprint density at radius 2 is 1.61 bits per heavy atom. The Morgan fingerprint density at radius 3 is 2.11 bits per heavy atom. The van der Waals surface area contributed by atoms with Crippen LogP contribution in [0.4, 0.5) is 0 Å². The Kier molecular flexibility index (Phi) is 9.83. The number of Topliss-reactive ketones (excluding diaryl/α,β-unsaturated/α-hetero) is 1. The van der Waals surface area contributed by atoms with Crippen molar-refractivity contribution in [3.63, 3.8) is 0 Å². The molecule has 0 aliphatic carbocycles. The number of hydrogen-bond acceptors (Lipinski definition) is 4. The van der Waals surface area contributed by atoms with Gasteiger partial charge in [-0.2, -0.15) is 0 Å². The van der Waals surface area contributed by atoms with Crippen LogP contribution in [-0.4, -0.2) is 70.2 Å². The summed E-state index contributed by atoms with van der Waals surface area (Å²) in [6.07, 6.45) is 4.38. The van der Waals surface area contributed by atoms with Crippen molar-refractivity contribution in [1.29, 1.82) is 0 Å². The number of nitrogens with one attached hydrogen (secondary N) is 1. The second-order valence-corrected chi connectivity index (χ2v) is 8.52. The molecule has 1 fully saturated rings. The standard InChI is InChI=1S/C18H34B3N3O4/c1-13(2)14(25)5-3-4-6-16(27)23-9-7-18(8-10-23,11-15(26)22-19)12-17(28)24(20)21/h13H,3-12,19-21H2,1-2H3,(H,22,26). The number of nitrogens with zero attached hydrogens (tertiary/aromatic N) is 2. The van der Waals surface area contributed by atoms with Gasteiger partial charge in [-0.25, -0.2) is 0 Å². The van der Waals surface area contributed by atoms with Crippen LogP contribution in [0.15, 0.2) is 0 Å². The van der Waals surface area contributed by atoms with E-state index in [2.05, 4.69) is 5.23 Å². The second-order valence-electron chi connectivity index (χ2n) is 8.52. The van der Waals surface area contributed by atoms with Gasteiger partial charge in [-0.1, -0.05) is 13.8 Å². The summed E-state index contributed by atoms with van der Waals surface area (Å²) >= 11 is 0. The van der Waals surface area contributed by atoms with Gasteiger partial charge in [-0.3, -0.25) is 19.2 Å². The highest BCUT2D eigenvalue weighted by Crippen LogP contribution is 2.39. The highest BCUT2D eigenvalue weighted by molar-refractivity contribution is 6.34. The molecule has 0 aromatic rings. The van der Waals surface area contributed by atoms with E-state index in [1.54, 1.807) is 28.7 Å². The fourth-order valence-electron chi connectivity index (χ4n) is 3.58. The molecule has 0 bridgehead atoms. The van der Waals surface area contributed by atoms with Gasteiger partial charge < -0.3 is 14.8 Å². The van der Waals surface area contributed by atoms with E-state index >= 15 is 0 Å². The van der Waals surface area contributed by atoms with Crippen LogP contribution in [0.1, 0.15) is 65.2 Å². The zero-order chi connectivity index (χ0) is 21.3. The van der Waals surface area contributed by atoms with Gasteiger partial charge >= 0.3 is 0 Å². The smallest absolute Gasteiger partial charge is 0.222 e. The number of hydrogen-bond donors (Lipinski definition) is 1. The summed E-state index contributed by atoms with van der Waals surface area (Å²) in [6, 6.07) is 0. The zero-order valence-corrected chi connectivity index (χ0v) is 18.2. The number of unbranched alkanes of at least 4 members (excludes halogenated alkanes) is 1. The van der Waals surface area contributed by atoms with Gasteiger partial charge in [0.2, 0.25) is 35.8 Å². The lowest BCUT2D eigenvalue weighted by molar-refractivity contribution is -0.135. The van der Waals surface area contributed by atoms with E-state index in [9.17, 15) is 19.2 Å². The number of amides is 3. The van der Waals surface area contributed by atoms with Crippen molar-refractivity contribution in [2.75, 3.05) is 13.1 Å². The van der Waals surface area contributed by atoms with Crippen LogP contribution in [0, 0.1) is 11.3 Å². The lowest BCUT2D eigenvalue weighted by atomic mass is 9.72. The molecule has 0 atom stereocenters. The number of ketones is 1. The van der Waals surface area contributed by atoms with Crippen molar-refractivity contribution in [2.45, 2.75) is 65.2 Å². The van der Waals surface area contributed by atoms with Crippen LogP contribution < -0.4 is 5.23 Å². The molecular weight excluding hydrogens is 355 g/mol. The summed E-state index contributed by atoms with van der Waals surface area (Å²) in [4.78, 5) is 50.2. The van der Waals surface area contributed by atoms with Crippen molar-refractivity contribution >= 4 is 47.4 Å². The molecular formula is C18H34B3N3O4. The average molecular weight is 389 g/mol. The maximum atomic E-state index is 12.5. The first kappa shape index (κ1) is 24.3. The van der Waals surface area contributed by atoms with Crippen molar-refractivity contribution in [3.8, 4) is 0 Å². The molecule has 1 N–H and O–H groups in total. The van der Waals surface area contributed by atoms with Gasteiger partial charge in [0.05, 0.1) is 0 Å². The molecule has 10 heteroatoms. The SMILES string of the molecule is BNC(=O)CC1(CC(=O)N(B)B)CCN(C(=O)CCCCC(=O)C(C)C)CC1. The lowest BCUT2D eigenvalue weighted by Gasteiger charge is -2.42. The van der Waals surface area contributed by atoms with Crippen LogP contribution in [0.2, 0.25) is 0 Å². The molecule has 0 aromatic carbocycles. The molecule has 0 radical (unpaired) electrons. The Morgan fingerprint density at radius 1 is 1.04 bits per heavy atom. The van der Waals surface area contributed by atoms with Gasteiger partial charge in [0.15, 0.2) is 5.91 Å². The normalized spacial score (nSPS) is 15.9. The molecule has 1 aliphatic heterocycles. The average Bonchev–Trinajstić information content (AvgIpc) is 2.64. The van der Waals surface area contributed by atoms with Gasteiger partial charge in [0, 0.05) is 44.7 Å². The third-order valence-corrected chi connectivity index (χ3v) is 5.72. The van der Waals surface area contributed by atoms with Crippen molar-refractivity contribution in [1.82, 2.24) is 14.8 Å². The van der Waals surface area contributed by atoms with Gasteiger partial charge in [-0.05, 0) is 31.1 Å². The maximum absolute atomic E-state index is 12.5. The van der Waals surface area contributed by atoms with Gasteiger partial charge in [-0.15, -0.1) is 0 Å². The highest BCUT2D eigenvalue weighted by atomic mass is 16.2. The Hall–Kier alpha value is -1.73. The fourth-order valence-corrected chi connectivity index (χ4v) is 3.58. The molecule has 3 amide bonds. The topological polar surface area (TPSA) is 86.8 Å². The first-order valence-corrected chi connectivity index (χ1v) is 10.3. The maximum Gasteiger partial charge on any atom is 0.222 e. The van der Waals surface area contributed by atoms with Crippen LogP contribution >= 0.6 is 0 Å². The minimum Gasteiger partial charge on any atom is -0.443 e. The summed E-state index contributed by atoms with van der Waals surface area (Å²) in [6.45, 7) is 4.93. The number of carbonyl (C=O) groups is 4. The van der Waals surface area contributed by atoms with Crippen LogP contribution in [0.5, 0.6) is 0 Å². The molecule has 0 unspecified atom stereocenters. The molecule has 1 rings (SSSR count). The largest absolute Gasteiger partial charge is 0.443 e. The minimum atomic E-state index is -0.387. The summed E-state index contributed by atoms with van der Waals surface area (Å²) in [5.41, 5.74) is -0.387. The molecule has 7 nitrogen and oxygen atoms in total. The van der Waals surface area contributed by atoms with Crippen LogP contribution in [-0.2, 0) is 19.2 Å². The number of likely N-dealkylation sites (tertiary alicyclic amines) is 1. The summed E-state index contributed by atoms with van der Waals surface area (Å²) in [5, 5.41) is 2.65. The Labute approximate surface area is 171 Å². The fraction of sp³-hybridized carbons (Fsp3) is 0.778. The molecule has 0 aromatic heterocycles. The van der Waals surface area contributed by atoms with E-state index in [0.717, 1.165) is 12.8 Å². The summed E-state index contributed by atoms with van der Waals surface area (Å²) in [5.74, 6) is 0.343. The van der Waals surface area contributed by atoms with Crippen molar-refractivity contribution in [2.24, 2.45) is 11.3 Å². The lowest BCUT2D eigenvalue weighted by Crippen LogP contribution is -2.46. The number of piperidine rings is 1. The first-order valence-electron chi connectivity index (χ1n) is 10.3. The van der Waals surface area contributed by atoms with Gasteiger partial charge in [0.25, 0.3) is 0 Å². The number of rotatable bonds is 10. The molecule has 154 valence electrons. The Bertz CT molecular complexity index is 576. The summed E-state index contributed by atoms with van der Waals surface area (Å²) < 4.78 is 1.56. The minimum absolute atomic E-state index is 0.0125. The third-order valence-electron chi connectivity index (χ3n) is 5.72. The van der Waals surface area contributed by atoms with E-state index in [0.29, 0.717) is 51.6 Å². The third kappa shape index (κ3) is 7.72. The molecule has 0 spiro atoms. The highest BCUT2D eigenvalue weighted by Gasteiger charge is 2.39. The quantitative estimate of drug-likeness (QED) is 0.374. The molecule has 28 heavy (non-hydrogen) atoms. The van der Waals surface area contributed by atoms with E-state index in [1.165, 1.54) is 0 Å². The molecule has 1 heterocycles. The van der Waals surface area contributed by atoms with Crippen molar-refractivity contribution in [3.05, 3.63) is 0 Å². The van der Waals surface area contributed by atoms with Crippen molar-refractivity contribution < 1.29 is 19.2 Å². The first-order chi connectivity index (χ1) is 13.1.